The van der Waals surface area contributed by atoms with E-state index in [2.05, 4.69) is 20.3 Å². The summed E-state index contributed by atoms with van der Waals surface area (Å²) in [4.78, 5) is 11.4. The van der Waals surface area contributed by atoms with Crippen LogP contribution in [0, 0.1) is 6.92 Å². The Hall–Kier alpha value is -1.59. The van der Waals surface area contributed by atoms with Gasteiger partial charge in [-0.25, -0.2) is 9.42 Å². The van der Waals surface area contributed by atoms with Crippen molar-refractivity contribution in [3.8, 4) is 0 Å². The lowest BCUT2D eigenvalue weighted by Gasteiger charge is -2.10. The Balaban J connectivity index is 1.84. The van der Waals surface area contributed by atoms with Gasteiger partial charge in [-0.15, -0.1) is 0 Å². The maximum Gasteiger partial charge on any atom is 0.413 e. The van der Waals surface area contributed by atoms with Gasteiger partial charge in [0.1, 0.15) is 11.8 Å². The first-order valence-corrected chi connectivity index (χ1v) is 5.02. The van der Waals surface area contributed by atoms with Gasteiger partial charge in [-0.05, 0) is 37.8 Å². The van der Waals surface area contributed by atoms with Gasteiger partial charge in [-0.3, -0.25) is 5.32 Å². The van der Waals surface area contributed by atoms with Gasteiger partial charge < -0.3 is 4.74 Å². The van der Waals surface area contributed by atoms with Crippen LogP contribution in [0.25, 0.3) is 0 Å². The van der Waals surface area contributed by atoms with Gasteiger partial charge in [0, 0.05) is 0 Å². The third kappa shape index (κ3) is 2.45. The lowest BCUT2D eigenvalue weighted by Crippen LogP contribution is -2.20. The topological polar surface area (TPSA) is 77.3 Å². The standard InChI is InChI=1S/C9H13N3O3/c1-6-8(12-15-11-6)10-9(13)14-7-4-2-3-5-7/h7H,2-5H2,1H3,(H,10,12,13). The van der Waals surface area contributed by atoms with E-state index in [4.69, 9.17) is 4.74 Å². The number of rotatable bonds is 2. The molecule has 2 rings (SSSR count). The van der Waals surface area contributed by atoms with Gasteiger partial charge in [0.05, 0.1) is 0 Å². The normalized spacial score (nSPS) is 16.6. The van der Waals surface area contributed by atoms with Crippen LogP contribution in [0.4, 0.5) is 10.6 Å². The Morgan fingerprint density at radius 2 is 2.20 bits per heavy atom. The molecule has 1 aliphatic rings. The van der Waals surface area contributed by atoms with Gasteiger partial charge in [0.25, 0.3) is 0 Å². The molecule has 0 bridgehead atoms. The molecule has 0 aliphatic heterocycles. The fraction of sp³-hybridized carbons (Fsp3) is 0.667. The molecule has 0 spiro atoms. The van der Waals surface area contributed by atoms with E-state index in [0.29, 0.717) is 11.5 Å². The summed E-state index contributed by atoms with van der Waals surface area (Å²) in [6.07, 6.45) is 3.71. The molecule has 1 aliphatic carbocycles. The molecule has 1 saturated carbocycles. The molecule has 6 nitrogen and oxygen atoms in total. The monoisotopic (exact) mass is 211 g/mol. The molecule has 1 aromatic rings. The average molecular weight is 211 g/mol. The first kappa shape index (κ1) is 9.95. The molecular weight excluding hydrogens is 198 g/mol. The van der Waals surface area contributed by atoms with E-state index in [0.717, 1.165) is 25.7 Å². The fourth-order valence-corrected chi connectivity index (χ4v) is 1.63. The fourth-order valence-electron chi connectivity index (χ4n) is 1.63. The van der Waals surface area contributed by atoms with Crippen LogP contribution in [0.15, 0.2) is 4.63 Å². The first-order chi connectivity index (χ1) is 7.25. The summed E-state index contributed by atoms with van der Waals surface area (Å²) < 4.78 is 9.63. The number of aryl methyl sites for hydroxylation is 1. The number of carbonyl (C=O) groups is 1. The summed E-state index contributed by atoms with van der Waals surface area (Å²) in [5.74, 6) is 0.318. The minimum atomic E-state index is -0.485. The second kappa shape index (κ2) is 4.29. The third-order valence-electron chi connectivity index (χ3n) is 2.45. The molecule has 0 radical (unpaired) electrons. The molecular formula is C9H13N3O3. The van der Waals surface area contributed by atoms with Crippen molar-refractivity contribution in [1.82, 2.24) is 10.3 Å². The van der Waals surface area contributed by atoms with Crippen LogP contribution < -0.4 is 5.32 Å². The number of hydrogen-bond donors (Lipinski definition) is 1. The molecule has 15 heavy (non-hydrogen) atoms. The van der Waals surface area contributed by atoms with E-state index in [1.807, 2.05) is 0 Å². The molecule has 1 amide bonds. The van der Waals surface area contributed by atoms with Gasteiger partial charge in [-0.2, -0.15) is 0 Å². The summed E-state index contributed by atoms with van der Waals surface area (Å²) in [6.45, 7) is 1.70. The summed E-state index contributed by atoms with van der Waals surface area (Å²) >= 11 is 0. The van der Waals surface area contributed by atoms with Crippen LogP contribution in [0.2, 0.25) is 0 Å². The van der Waals surface area contributed by atoms with Crippen molar-refractivity contribution in [2.75, 3.05) is 5.32 Å². The largest absolute Gasteiger partial charge is 0.446 e. The summed E-state index contributed by atoms with van der Waals surface area (Å²) in [7, 11) is 0. The predicted molar refractivity (Wildman–Crippen MR) is 51.4 cm³/mol. The summed E-state index contributed by atoms with van der Waals surface area (Å²) in [5.41, 5.74) is 0.540. The molecule has 0 saturated heterocycles. The Labute approximate surface area is 86.9 Å². The first-order valence-electron chi connectivity index (χ1n) is 5.02. The second-order valence-corrected chi connectivity index (χ2v) is 3.64. The van der Waals surface area contributed by atoms with Gasteiger partial charge in [-0.1, -0.05) is 5.16 Å². The Morgan fingerprint density at radius 1 is 1.47 bits per heavy atom. The van der Waals surface area contributed by atoms with Crippen LogP contribution in [0.3, 0.4) is 0 Å². The zero-order valence-corrected chi connectivity index (χ0v) is 8.52. The zero-order valence-electron chi connectivity index (χ0n) is 8.52. The minimum Gasteiger partial charge on any atom is -0.446 e. The quantitative estimate of drug-likeness (QED) is 0.807. The van der Waals surface area contributed by atoms with Crippen molar-refractivity contribution in [2.24, 2.45) is 0 Å². The van der Waals surface area contributed by atoms with E-state index in [-0.39, 0.29) is 6.10 Å². The van der Waals surface area contributed by atoms with E-state index in [1.54, 1.807) is 6.92 Å². The SMILES string of the molecule is Cc1nonc1NC(=O)OC1CCCC1. The molecule has 1 heterocycles. The number of carbonyl (C=O) groups excluding carboxylic acids is 1. The zero-order chi connectivity index (χ0) is 10.7. The molecule has 0 atom stereocenters. The van der Waals surface area contributed by atoms with E-state index >= 15 is 0 Å². The van der Waals surface area contributed by atoms with Crippen LogP contribution in [0.5, 0.6) is 0 Å². The van der Waals surface area contributed by atoms with Crippen molar-refractivity contribution in [2.45, 2.75) is 38.7 Å². The lowest BCUT2D eigenvalue weighted by molar-refractivity contribution is 0.114. The van der Waals surface area contributed by atoms with E-state index in [1.165, 1.54) is 0 Å². The Kier molecular flexibility index (Phi) is 2.84. The number of aromatic nitrogens is 2. The predicted octanol–water partition coefficient (Wildman–Crippen LogP) is 1.87. The molecule has 1 aromatic heterocycles. The number of anilines is 1. The van der Waals surface area contributed by atoms with Crippen molar-refractivity contribution in [1.29, 1.82) is 0 Å². The molecule has 6 heteroatoms. The number of amides is 1. The maximum atomic E-state index is 11.4. The summed E-state index contributed by atoms with van der Waals surface area (Å²) in [6, 6.07) is 0. The minimum absolute atomic E-state index is 0.0465. The highest BCUT2D eigenvalue weighted by molar-refractivity contribution is 5.83. The number of nitrogens with zero attached hydrogens (tertiary/aromatic N) is 2. The number of ether oxygens (including phenoxy) is 1. The Bertz CT molecular complexity index is 344. The van der Waals surface area contributed by atoms with Crippen molar-refractivity contribution < 1.29 is 14.2 Å². The molecule has 1 fully saturated rings. The van der Waals surface area contributed by atoms with E-state index in [9.17, 15) is 4.79 Å². The summed E-state index contributed by atoms with van der Waals surface area (Å²) in [5, 5.41) is 9.57. The van der Waals surface area contributed by atoms with Crippen LogP contribution in [-0.4, -0.2) is 22.5 Å². The highest BCUT2D eigenvalue weighted by Gasteiger charge is 2.20. The van der Waals surface area contributed by atoms with Gasteiger partial charge in [0.2, 0.25) is 5.82 Å². The number of nitrogens with one attached hydrogen (secondary N) is 1. The average Bonchev–Trinajstić information content (AvgIpc) is 2.79. The highest BCUT2D eigenvalue weighted by atomic mass is 16.6. The highest BCUT2D eigenvalue weighted by Crippen LogP contribution is 2.21. The smallest absolute Gasteiger partial charge is 0.413 e. The lowest BCUT2D eigenvalue weighted by atomic mass is 10.3. The van der Waals surface area contributed by atoms with Gasteiger partial charge in [0.15, 0.2) is 0 Å². The second-order valence-electron chi connectivity index (χ2n) is 3.64. The molecule has 1 N–H and O–H groups in total. The third-order valence-corrected chi connectivity index (χ3v) is 2.45. The molecule has 82 valence electrons. The van der Waals surface area contributed by atoms with Crippen LogP contribution in [-0.2, 0) is 4.74 Å². The van der Waals surface area contributed by atoms with Gasteiger partial charge >= 0.3 is 6.09 Å². The Morgan fingerprint density at radius 3 is 2.80 bits per heavy atom. The molecule has 0 aromatic carbocycles. The van der Waals surface area contributed by atoms with Crippen molar-refractivity contribution >= 4 is 11.9 Å². The van der Waals surface area contributed by atoms with Crippen molar-refractivity contribution in [3.05, 3.63) is 5.69 Å². The van der Waals surface area contributed by atoms with Crippen LogP contribution >= 0.6 is 0 Å². The van der Waals surface area contributed by atoms with Crippen LogP contribution in [0.1, 0.15) is 31.4 Å². The van der Waals surface area contributed by atoms with Crippen molar-refractivity contribution in [3.63, 3.8) is 0 Å². The number of hydrogen-bond acceptors (Lipinski definition) is 5. The van der Waals surface area contributed by atoms with E-state index < -0.39 is 6.09 Å². The maximum absolute atomic E-state index is 11.4. The molecule has 0 unspecified atom stereocenters.